The van der Waals surface area contributed by atoms with E-state index in [1.165, 1.54) is 30.0 Å². The van der Waals surface area contributed by atoms with Gasteiger partial charge in [-0.05, 0) is 47.6 Å². The fourth-order valence-corrected chi connectivity index (χ4v) is 4.05. The second kappa shape index (κ2) is 10.6. The van der Waals surface area contributed by atoms with Gasteiger partial charge in [-0.1, -0.05) is 50.2 Å². The van der Waals surface area contributed by atoms with Crippen LogP contribution in [-0.2, 0) is 28.6 Å². The first-order valence-electron chi connectivity index (χ1n) is 10.1. The first-order valence-corrected chi connectivity index (χ1v) is 12.2. The van der Waals surface area contributed by atoms with Crippen LogP contribution in [0.25, 0.3) is 0 Å². The molecule has 0 fully saturated rings. The highest BCUT2D eigenvalue weighted by Crippen LogP contribution is 2.21. The van der Waals surface area contributed by atoms with Crippen molar-refractivity contribution >= 4 is 15.8 Å². The monoisotopic (exact) mass is 433 g/mol. The third kappa shape index (κ3) is 8.53. The summed E-state index contributed by atoms with van der Waals surface area (Å²) < 4.78 is 37.1. The van der Waals surface area contributed by atoms with Crippen molar-refractivity contribution in [3.05, 3.63) is 71.0 Å². The molecule has 0 heterocycles. The lowest BCUT2D eigenvalue weighted by atomic mass is 9.86. The van der Waals surface area contributed by atoms with Crippen LogP contribution < -0.4 is 10.6 Å². The van der Waals surface area contributed by atoms with Crippen molar-refractivity contribution in [1.82, 2.24) is 10.6 Å². The zero-order valence-electron chi connectivity index (χ0n) is 18.2. The molecule has 2 aromatic rings. The van der Waals surface area contributed by atoms with Gasteiger partial charge >= 0.3 is 0 Å². The molecular weight excluding hydrogens is 401 g/mol. The molecule has 0 saturated heterocycles. The highest BCUT2D eigenvalue weighted by Gasteiger charge is 2.19. The third-order valence-corrected chi connectivity index (χ3v) is 5.43. The van der Waals surface area contributed by atoms with E-state index in [2.05, 4.69) is 41.6 Å². The molecule has 30 heavy (non-hydrogen) atoms. The van der Waals surface area contributed by atoms with E-state index in [0.717, 1.165) is 6.42 Å². The van der Waals surface area contributed by atoms with Gasteiger partial charge in [-0.3, -0.25) is 0 Å². The van der Waals surface area contributed by atoms with Gasteiger partial charge in [-0.25, -0.2) is 17.8 Å². The van der Waals surface area contributed by atoms with E-state index in [1.807, 2.05) is 25.1 Å². The number of aliphatic imine (C=N–C) groups is 1. The van der Waals surface area contributed by atoms with Gasteiger partial charge in [-0.2, -0.15) is 0 Å². The predicted octanol–water partition coefficient (Wildman–Crippen LogP) is 3.69. The minimum Gasteiger partial charge on any atom is -0.357 e. The van der Waals surface area contributed by atoms with Gasteiger partial charge in [0.2, 0.25) is 0 Å². The average Bonchev–Trinajstić information content (AvgIpc) is 2.65. The summed E-state index contributed by atoms with van der Waals surface area (Å²) in [6.07, 6.45) is 2.09. The van der Waals surface area contributed by atoms with Crippen molar-refractivity contribution in [3.8, 4) is 0 Å². The molecule has 0 saturated carbocycles. The fraction of sp³-hybridized carbons (Fsp3) is 0.435. The predicted molar refractivity (Wildman–Crippen MR) is 122 cm³/mol. The van der Waals surface area contributed by atoms with Crippen LogP contribution in [0.2, 0.25) is 0 Å². The Morgan fingerprint density at radius 1 is 1.07 bits per heavy atom. The van der Waals surface area contributed by atoms with E-state index in [1.54, 1.807) is 0 Å². The van der Waals surface area contributed by atoms with E-state index in [-0.39, 0.29) is 17.7 Å². The SMILES string of the molecule is CCNC(=NCc1cc(F)ccc1CS(C)(=O)=O)NCC(C)(C)Cc1ccccc1. The molecule has 0 amide bonds. The lowest BCUT2D eigenvalue weighted by Gasteiger charge is -2.26. The Kier molecular flexibility index (Phi) is 8.41. The minimum absolute atomic E-state index is 0.00213. The molecule has 0 aliphatic rings. The molecule has 0 aliphatic heterocycles. The molecule has 164 valence electrons. The van der Waals surface area contributed by atoms with E-state index in [9.17, 15) is 12.8 Å². The van der Waals surface area contributed by atoms with Gasteiger partial charge in [0.05, 0.1) is 12.3 Å². The Hall–Kier alpha value is -2.41. The maximum atomic E-state index is 13.7. The summed E-state index contributed by atoms with van der Waals surface area (Å²) >= 11 is 0. The Balaban J connectivity index is 2.10. The number of guanidine groups is 1. The summed E-state index contributed by atoms with van der Waals surface area (Å²) in [5, 5.41) is 6.56. The van der Waals surface area contributed by atoms with E-state index < -0.39 is 15.7 Å². The van der Waals surface area contributed by atoms with Crippen molar-refractivity contribution in [2.75, 3.05) is 19.3 Å². The number of rotatable bonds is 9. The molecule has 0 radical (unpaired) electrons. The molecule has 0 unspecified atom stereocenters. The lowest BCUT2D eigenvalue weighted by molar-refractivity contribution is 0.359. The molecule has 7 heteroatoms. The first-order chi connectivity index (χ1) is 14.1. The molecule has 0 aromatic heterocycles. The van der Waals surface area contributed by atoms with Crippen LogP contribution in [0.5, 0.6) is 0 Å². The van der Waals surface area contributed by atoms with Gasteiger partial charge < -0.3 is 10.6 Å². The fourth-order valence-electron chi connectivity index (χ4n) is 3.20. The number of hydrogen-bond donors (Lipinski definition) is 2. The topological polar surface area (TPSA) is 70.6 Å². The van der Waals surface area contributed by atoms with Crippen LogP contribution in [0.3, 0.4) is 0 Å². The van der Waals surface area contributed by atoms with E-state index in [0.29, 0.717) is 30.2 Å². The molecule has 2 N–H and O–H groups in total. The molecule has 5 nitrogen and oxygen atoms in total. The molecule has 2 aromatic carbocycles. The van der Waals surface area contributed by atoms with Crippen LogP contribution in [0.4, 0.5) is 4.39 Å². The van der Waals surface area contributed by atoms with Gasteiger partial charge in [0.1, 0.15) is 5.82 Å². The highest BCUT2D eigenvalue weighted by molar-refractivity contribution is 7.89. The van der Waals surface area contributed by atoms with E-state index >= 15 is 0 Å². The summed E-state index contributed by atoms with van der Waals surface area (Å²) in [4.78, 5) is 4.56. The van der Waals surface area contributed by atoms with Gasteiger partial charge in [-0.15, -0.1) is 0 Å². The van der Waals surface area contributed by atoms with Gasteiger partial charge in [0, 0.05) is 19.3 Å². The molecule has 0 bridgehead atoms. The largest absolute Gasteiger partial charge is 0.357 e. The second-order valence-corrected chi connectivity index (χ2v) is 10.5. The van der Waals surface area contributed by atoms with Crippen molar-refractivity contribution in [2.24, 2.45) is 10.4 Å². The Labute approximate surface area is 179 Å². The van der Waals surface area contributed by atoms with Gasteiger partial charge in [0.25, 0.3) is 0 Å². The number of halogens is 1. The van der Waals surface area contributed by atoms with Crippen LogP contribution in [-0.4, -0.2) is 33.7 Å². The normalized spacial score (nSPS) is 12.6. The van der Waals surface area contributed by atoms with Crippen molar-refractivity contribution in [2.45, 2.75) is 39.5 Å². The molecule has 2 rings (SSSR count). The van der Waals surface area contributed by atoms with Crippen LogP contribution in [0, 0.1) is 11.2 Å². The third-order valence-electron chi connectivity index (χ3n) is 4.60. The maximum absolute atomic E-state index is 13.7. The Morgan fingerprint density at radius 3 is 2.40 bits per heavy atom. The highest BCUT2D eigenvalue weighted by atomic mass is 32.2. The number of hydrogen-bond acceptors (Lipinski definition) is 3. The Bertz CT molecular complexity index is 958. The average molecular weight is 434 g/mol. The van der Waals surface area contributed by atoms with Crippen LogP contribution >= 0.6 is 0 Å². The van der Waals surface area contributed by atoms with Crippen LogP contribution in [0.15, 0.2) is 53.5 Å². The zero-order valence-corrected chi connectivity index (χ0v) is 19.0. The standard InChI is InChI=1S/C23H32FN3O2S/c1-5-25-22(27-17-23(2,3)14-18-9-7-6-8-10-18)26-15-20-13-21(24)12-11-19(20)16-30(4,28)29/h6-13H,5,14-17H2,1-4H3,(H2,25,26,27). The molecular formula is C23H32FN3O2S. The Morgan fingerprint density at radius 2 is 1.77 bits per heavy atom. The quantitative estimate of drug-likeness (QED) is 0.467. The van der Waals surface area contributed by atoms with Crippen molar-refractivity contribution < 1.29 is 12.8 Å². The molecule has 0 spiro atoms. The molecule has 0 aliphatic carbocycles. The summed E-state index contributed by atoms with van der Waals surface area (Å²) in [6, 6.07) is 14.5. The number of nitrogens with zero attached hydrogens (tertiary/aromatic N) is 1. The number of sulfone groups is 1. The summed E-state index contributed by atoms with van der Waals surface area (Å²) in [5.41, 5.74) is 2.41. The van der Waals surface area contributed by atoms with Crippen LogP contribution in [0.1, 0.15) is 37.5 Å². The van der Waals surface area contributed by atoms with Gasteiger partial charge in [0.15, 0.2) is 15.8 Å². The zero-order chi connectivity index (χ0) is 22.2. The summed E-state index contributed by atoms with van der Waals surface area (Å²) in [5.74, 6) is 0.0826. The molecule has 0 atom stereocenters. The maximum Gasteiger partial charge on any atom is 0.191 e. The number of benzene rings is 2. The van der Waals surface area contributed by atoms with Crippen molar-refractivity contribution in [1.29, 1.82) is 0 Å². The summed E-state index contributed by atoms with van der Waals surface area (Å²) in [7, 11) is -3.22. The summed E-state index contributed by atoms with van der Waals surface area (Å²) in [6.45, 7) is 7.93. The first kappa shape index (κ1) is 23.9. The minimum atomic E-state index is -3.22. The van der Waals surface area contributed by atoms with E-state index in [4.69, 9.17) is 0 Å². The number of nitrogens with one attached hydrogen (secondary N) is 2. The smallest absolute Gasteiger partial charge is 0.191 e. The lowest BCUT2D eigenvalue weighted by Crippen LogP contribution is -2.42. The second-order valence-electron chi connectivity index (χ2n) is 8.36. The van der Waals surface area contributed by atoms with Crippen molar-refractivity contribution in [3.63, 3.8) is 0 Å².